The van der Waals surface area contributed by atoms with Crippen LogP contribution in [-0.2, 0) is 0 Å². The van der Waals surface area contributed by atoms with Gasteiger partial charge in [0.15, 0.2) is 0 Å². The quantitative estimate of drug-likeness (QED) is 0.842. The summed E-state index contributed by atoms with van der Waals surface area (Å²) in [7, 11) is 2.02. The first-order valence-electron chi connectivity index (χ1n) is 5.97. The minimum Gasteiger partial charge on any atom is -0.312 e. The molecule has 0 saturated heterocycles. The third-order valence-corrected chi connectivity index (χ3v) is 5.00. The van der Waals surface area contributed by atoms with Crippen molar-refractivity contribution in [1.29, 1.82) is 0 Å². The molecule has 0 radical (unpaired) electrons. The van der Waals surface area contributed by atoms with E-state index in [1.54, 1.807) is 11.3 Å². The maximum absolute atomic E-state index is 4.31. The van der Waals surface area contributed by atoms with Crippen molar-refractivity contribution < 1.29 is 0 Å². The molecule has 0 fully saturated rings. The molecule has 4 heteroatoms. The molecular formula is C14H18N2S2. The van der Waals surface area contributed by atoms with Crippen molar-refractivity contribution >= 4 is 23.1 Å². The average Bonchev–Trinajstić information content (AvgIpc) is 2.87. The molecule has 18 heavy (non-hydrogen) atoms. The molecule has 2 nitrogen and oxygen atoms in total. The number of nitrogens with zero attached hydrogens (tertiary/aromatic N) is 1. The van der Waals surface area contributed by atoms with Crippen LogP contribution in [0.25, 0.3) is 0 Å². The van der Waals surface area contributed by atoms with Gasteiger partial charge >= 0.3 is 0 Å². The van der Waals surface area contributed by atoms with Crippen LogP contribution in [0, 0.1) is 13.8 Å². The van der Waals surface area contributed by atoms with Crippen molar-refractivity contribution in [2.45, 2.75) is 24.2 Å². The lowest BCUT2D eigenvalue weighted by atomic mass is 10.0. The SMILES string of the molecule is CNC(CSc1nccs1)c1cc(C)ccc1C. The van der Waals surface area contributed by atoms with Crippen molar-refractivity contribution in [3.63, 3.8) is 0 Å². The van der Waals surface area contributed by atoms with Gasteiger partial charge in [-0.3, -0.25) is 0 Å². The Morgan fingerprint density at radius 2 is 2.22 bits per heavy atom. The Labute approximate surface area is 117 Å². The van der Waals surface area contributed by atoms with Gasteiger partial charge in [-0.05, 0) is 32.0 Å². The molecule has 1 N–H and O–H groups in total. The summed E-state index contributed by atoms with van der Waals surface area (Å²) in [5.41, 5.74) is 4.05. The van der Waals surface area contributed by atoms with E-state index in [4.69, 9.17) is 0 Å². The zero-order valence-electron chi connectivity index (χ0n) is 10.9. The van der Waals surface area contributed by atoms with Crippen molar-refractivity contribution in [1.82, 2.24) is 10.3 Å². The van der Waals surface area contributed by atoms with Gasteiger partial charge in [-0.25, -0.2) is 4.98 Å². The maximum atomic E-state index is 4.31. The average molecular weight is 278 g/mol. The third-order valence-electron chi connectivity index (χ3n) is 2.94. The second-order valence-electron chi connectivity index (χ2n) is 4.31. The minimum absolute atomic E-state index is 0.374. The number of benzene rings is 1. The number of nitrogens with one attached hydrogen (secondary N) is 1. The Hall–Kier alpha value is -0.840. The van der Waals surface area contributed by atoms with Gasteiger partial charge in [0.2, 0.25) is 0 Å². The van der Waals surface area contributed by atoms with Crippen LogP contribution in [0.1, 0.15) is 22.7 Å². The summed E-state index contributed by atoms with van der Waals surface area (Å²) >= 11 is 3.52. The largest absolute Gasteiger partial charge is 0.312 e. The smallest absolute Gasteiger partial charge is 0.149 e. The highest BCUT2D eigenvalue weighted by molar-refractivity contribution is 8.01. The molecular weight excluding hydrogens is 260 g/mol. The third kappa shape index (κ3) is 3.34. The predicted molar refractivity (Wildman–Crippen MR) is 80.6 cm³/mol. The van der Waals surface area contributed by atoms with Gasteiger partial charge in [0.25, 0.3) is 0 Å². The first-order chi connectivity index (χ1) is 8.70. The molecule has 1 unspecified atom stereocenters. The number of hydrogen-bond acceptors (Lipinski definition) is 4. The standard InChI is InChI=1S/C14H18N2S2/c1-10-4-5-11(2)12(8-10)13(15-3)9-18-14-16-6-7-17-14/h4-8,13,15H,9H2,1-3H3. The Morgan fingerprint density at radius 3 is 2.89 bits per heavy atom. The summed E-state index contributed by atoms with van der Waals surface area (Å²) in [6.07, 6.45) is 1.86. The van der Waals surface area contributed by atoms with E-state index >= 15 is 0 Å². The number of rotatable bonds is 5. The van der Waals surface area contributed by atoms with Crippen LogP contribution in [0.4, 0.5) is 0 Å². The molecule has 2 rings (SSSR count). The zero-order chi connectivity index (χ0) is 13.0. The normalized spacial score (nSPS) is 12.6. The summed E-state index contributed by atoms with van der Waals surface area (Å²) in [6, 6.07) is 7.01. The van der Waals surface area contributed by atoms with Gasteiger partial charge < -0.3 is 5.32 Å². The van der Waals surface area contributed by atoms with Crippen LogP contribution in [0.5, 0.6) is 0 Å². The molecule has 0 bridgehead atoms. The van der Waals surface area contributed by atoms with Crippen LogP contribution in [0.3, 0.4) is 0 Å². The van der Waals surface area contributed by atoms with Crippen molar-refractivity contribution in [2.24, 2.45) is 0 Å². The lowest BCUT2D eigenvalue weighted by molar-refractivity contribution is 0.657. The molecule has 0 amide bonds. The highest BCUT2D eigenvalue weighted by atomic mass is 32.2. The van der Waals surface area contributed by atoms with Crippen LogP contribution in [-0.4, -0.2) is 17.8 Å². The van der Waals surface area contributed by atoms with E-state index in [1.165, 1.54) is 16.7 Å². The van der Waals surface area contributed by atoms with Gasteiger partial charge in [0.05, 0.1) is 0 Å². The van der Waals surface area contributed by atoms with E-state index in [2.05, 4.69) is 42.3 Å². The molecule has 1 aromatic heterocycles. The van der Waals surface area contributed by atoms with Gasteiger partial charge in [0.1, 0.15) is 4.34 Å². The van der Waals surface area contributed by atoms with E-state index in [0.29, 0.717) is 6.04 Å². The fraction of sp³-hybridized carbons (Fsp3) is 0.357. The molecule has 1 atom stereocenters. The summed E-state index contributed by atoms with van der Waals surface area (Å²) < 4.78 is 1.14. The van der Waals surface area contributed by atoms with Gasteiger partial charge in [0, 0.05) is 23.4 Å². The second kappa shape index (κ2) is 6.36. The first-order valence-corrected chi connectivity index (χ1v) is 7.84. The van der Waals surface area contributed by atoms with E-state index in [0.717, 1.165) is 10.1 Å². The number of hydrogen-bond donors (Lipinski definition) is 1. The molecule has 0 saturated carbocycles. The molecule has 2 aromatic rings. The van der Waals surface area contributed by atoms with Gasteiger partial charge in [-0.1, -0.05) is 35.5 Å². The minimum atomic E-state index is 0.374. The van der Waals surface area contributed by atoms with E-state index in [1.807, 2.05) is 30.4 Å². The molecule has 0 aliphatic heterocycles. The molecule has 0 aliphatic carbocycles. The Kier molecular flexibility index (Phi) is 4.80. The highest BCUT2D eigenvalue weighted by Gasteiger charge is 2.13. The van der Waals surface area contributed by atoms with Crippen LogP contribution in [0.15, 0.2) is 34.1 Å². The Balaban J connectivity index is 2.10. The Morgan fingerprint density at radius 1 is 1.39 bits per heavy atom. The molecule has 0 aliphatic rings. The summed E-state index contributed by atoms with van der Waals surface area (Å²) in [5, 5.41) is 5.43. The molecule has 1 heterocycles. The van der Waals surface area contributed by atoms with E-state index in [-0.39, 0.29) is 0 Å². The van der Waals surface area contributed by atoms with E-state index < -0.39 is 0 Å². The Bertz CT molecular complexity index is 495. The van der Waals surface area contributed by atoms with Crippen LogP contribution >= 0.6 is 23.1 Å². The van der Waals surface area contributed by atoms with Gasteiger partial charge in [-0.15, -0.1) is 11.3 Å². The zero-order valence-corrected chi connectivity index (χ0v) is 12.6. The molecule has 1 aromatic carbocycles. The number of thioether (sulfide) groups is 1. The lowest BCUT2D eigenvalue weighted by Crippen LogP contribution is -2.19. The monoisotopic (exact) mass is 278 g/mol. The molecule has 0 spiro atoms. The number of aryl methyl sites for hydroxylation is 2. The second-order valence-corrected chi connectivity index (χ2v) is 6.47. The van der Waals surface area contributed by atoms with E-state index in [9.17, 15) is 0 Å². The summed E-state index contributed by atoms with van der Waals surface area (Å²) in [6.45, 7) is 4.32. The summed E-state index contributed by atoms with van der Waals surface area (Å²) in [5.74, 6) is 1.01. The van der Waals surface area contributed by atoms with Crippen molar-refractivity contribution in [3.05, 3.63) is 46.5 Å². The number of thiazole rings is 1. The predicted octanol–water partition coefficient (Wildman–Crippen LogP) is 3.81. The topological polar surface area (TPSA) is 24.9 Å². The fourth-order valence-corrected chi connectivity index (χ4v) is 3.69. The molecule has 96 valence electrons. The van der Waals surface area contributed by atoms with Crippen molar-refractivity contribution in [2.75, 3.05) is 12.8 Å². The van der Waals surface area contributed by atoms with Gasteiger partial charge in [-0.2, -0.15) is 0 Å². The fourth-order valence-electron chi connectivity index (χ4n) is 1.90. The van der Waals surface area contributed by atoms with Crippen LogP contribution in [0.2, 0.25) is 0 Å². The number of aromatic nitrogens is 1. The van der Waals surface area contributed by atoms with Crippen molar-refractivity contribution in [3.8, 4) is 0 Å². The highest BCUT2D eigenvalue weighted by Crippen LogP contribution is 2.27. The van der Waals surface area contributed by atoms with Crippen LogP contribution < -0.4 is 5.32 Å². The lowest BCUT2D eigenvalue weighted by Gasteiger charge is -2.18. The maximum Gasteiger partial charge on any atom is 0.149 e. The summed E-state index contributed by atoms with van der Waals surface area (Å²) in [4.78, 5) is 4.31. The first kappa shape index (κ1) is 13.6.